The van der Waals surface area contributed by atoms with Crippen molar-refractivity contribution in [2.45, 2.75) is 58.9 Å². The van der Waals surface area contributed by atoms with Gasteiger partial charge in [-0.05, 0) is 49.6 Å². The van der Waals surface area contributed by atoms with E-state index in [2.05, 4.69) is 65.8 Å². The van der Waals surface area contributed by atoms with Gasteiger partial charge in [-0.25, -0.2) is 0 Å². The van der Waals surface area contributed by atoms with E-state index in [0.29, 0.717) is 0 Å². The first-order chi connectivity index (χ1) is 9.13. The molecule has 0 saturated carbocycles. The summed E-state index contributed by atoms with van der Waals surface area (Å²) < 4.78 is 0. The monoisotopic (exact) mass is 270 g/mol. The van der Waals surface area contributed by atoms with Gasteiger partial charge in [0, 0.05) is 22.0 Å². The number of rotatable bonds is 2. The van der Waals surface area contributed by atoms with Gasteiger partial charge in [-0.1, -0.05) is 33.8 Å². The summed E-state index contributed by atoms with van der Waals surface area (Å²) in [6, 6.07) is 8.70. The standard InChI is InChI=1S/C18H26N2/c1-7-12-8-9-15-13(10-12)14(18(5,6)19)11-16(20-15)17(2,3)4/h8-11H,7,19H2,1-6H3. The van der Waals surface area contributed by atoms with Crippen LogP contribution in [0.1, 0.15) is 58.4 Å². The van der Waals surface area contributed by atoms with Gasteiger partial charge in [0.2, 0.25) is 0 Å². The van der Waals surface area contributed by atoms with Crippen molar-refractivity contribution in [3.63, 3.8) is 0 Å². The van der Waals surface area contributed by atoms with Gasteiger partial charge in [0.15, 0.2) is 0 Å². The van der Waals surface area contributed by atoms with Gasteiger partial charge in [0.1, 0.15) is 0 Å². The Bertz CT molecular complexity index is 628. The molecule has 2 nitrogen and oxygen atoms in total. The third-order valence-corrected chi connectivity index (χ3v) is 3.74. The van der Waals surface area contributed by atoms with E-state index in [4.69, 9.17) is 10.7 Å². The summed E-state index contributed by atoms with van der Waals surface area (Å²) in [7, 11) is 0. The van der Waals surface area contributed by atoms with E-state index in [1.54, 1.807) is 0 Å². The lowest BCUT2D eigenvalue weighted by Crippen LogP contribution is -2.30. The first-order valence-corrected chi connectivity index (χ1v) is 7.36. The molecule has 0 aliphatic heterocycles. The van der Waals surface area contributed by atoms with Crippen LogP contribution in [0.3, 0.4) is 0 Å². The van der Waals surface area contributed by atoms with Crippen molar-refractivity contribution < 1.29 is 0 Å². The summed E-state index contributed by atoms with van der Waals surface area (Å²) in [4.78, 5) is 4.84. The highest BCUT2D eigenvalue weighted by molar-refractivity contribution is 5.84. The van der Waals surface area contributed by atoms with Crippen molar-refractivity contribution in [3.8, 4) is 0 Å². The SMILES string of the molecule is CCc1ccc2nc(C(C)(C)C)cc(C(C)(C)N)c2c1. The molecule has 0 fully saturated rings. The highest BCUT2D eigenvalue weighted by Crippen LogP contribution is 2.31. The van der Waals surface area contributed by atoms with E-state index in [9.17, 15) is 0 Å². The predicted molar refractivity (Wildman–Crippen MR) is 87.0 cm³/mol. The third-order valence-electron chi connectivity index (χ3n) is 3.74. The number of hydrogen-bond acceptors (Lipinski definition) is 2. The zero-order valence-corrected chi connectivity index (χ0v) is 13.5. The second-order valence-corrected chi connectivity index (χ2v) is 7.23. The molecule has 0 aliphatic rings. The second-order valence-electron chi connectivity index (χ2n) is 7.23. The van der Waals surface area contributed by atoms with Gasteiger partial charge in [0.25, 0.3) is 0 Å². The molecule has 2 aromatic rings. The molecule has 2 heteroatoms. The lowest BCUT2D eigenvalue weighted by Gasteiger charge is -2.26. The fraction of sp³-hybridized carbons (Fsp3) is 0.500. The van der Waals surface area contributed by atoms with Crippen LogP contribution in [-0.4, -0.2) is 4.98 Å². The number of benzene rings is 1. The number of fused-ring (bicyclic) bond motifs is 1. The molecule has 1 aromatic heterocycles. The maximum absolute atomic E-state index is 6.40. The van der Waals surface area contributed by atoms with E-state index in [-0.39, 0.29) is 11.0 Å². The van der Waals surface area contributed by atoms with Crippen molar-refractivity contribution in [1.82, 2.24) is 4.98 Å². The van der Waals surface area contributed by atoms with Crippen LogP contribution in [0.15, 0.2) is 24.3 Å². The Hall–Kier alpha value is -1.41. The van der Waals surface area contributed by atoms with E-state index < -0.39 is 0 Å². The topological polar surface area (TPSA) is 38.9 Å². The summed E-state index contributed by atoms with van der Waals surface area (Å²) in [6.45, 7) is 12.9. The average molecular weight is 270 g/mol. The fourth-order valence-electron chi connectivity index (χ4n) is 2.41. The van der Waals surface area contributed by atoms with Crippen molar-refractivity contribution in [2.24, 2.45) is 5.73 Å². The molecule has 0 atom stereocenters. The maximum Gasteiger partial charge on any atom is 0.0709 e. The van der Waals surface area contributed by atoms with Crippen molar-refractivity contribution in [3.05, 3.63) is 41.1 Å². The third kappa shape index (κ3) is 2.85. The van der Waals surface area contributed by atoms with Gasteiger partial charge in [0.05, 0.1) is 5.52 Å². The normalized spacial score (nSPS) is 12.9. The number of pyridine rings is 1. The van der Waals surface area contributed by atoms with Gasteiger partial charge in [-0.2, -0.15) is 0 Å². The molecular formula is C18H26N2. The first-order valence-electron chi connectivity index (χ1n) is 7.36. The number of nitrogens with zero attached hydrogens (tertiary/aromatic N) is 1. The Labute approximate surface area is 122 Å². The number of aromatic nitrogens is 1. The lowest BCUT2D eigenvalue weighted by molar-refractivity contribution is 0.542. The molecular weight excluding hydrogens is 244 g/mol. The zero-order valence-electron chi connectivity index (χ0n) is 13.5. The molecule has 20 heavy (non-hydrogen) atoms. The van der Waals surface area contributed by atoms with Crippen LogP contribution in [0.4, 0.5) is 0 Å². The Balaban J connectivity index is 2.82. The average Bonchev–Trinajstić information content (AvgIpc) is 2.34. The molecule has 0 amide bonds. The molecule has 1 aromatic carbocycles. The highest BCUT2D eigenvalue weighted by Gasteiger charge is 2.23. The van der Waals surface area contributed by atoms with E-state index in [1.807, 2.05) is 0 Å². The smallest absolute Gasteiger partial charge is 0.0709 e. The van der Waals surface area contributed by atoms with Gasteiger partial charge < -0.3 is 5.73 Å². The zero-order chi connectivity index (χ0) is 15.1. The van der Waals surface area contributed by atoms with Crippen LogP contribution in [0.2, 0.25) is 0 Å². The highest BCUT2D eigenvalue weighted by atomic mass is 14.8. The molecule has 0 aliphatic carbocycles. The minimum absolute atomic E-state index is 0.0254. The molecule has 1 heterocycles. The summed E-state index contributed by atoms with van der Waals surface area (Å²) in [5, 5.41) is 1.19. The van der Waals surface area contributed by atoms with Crippen LogP contribution in [0, 0.1) is 0 Å². The van der Waals surface area contributed by atoms with Crippen LogP contribution in [0.5, 0.6) is 0 Å². The quantitative estimate of drug-likeness (QED) is 0.884. The minimum Gasteiger partial charge on any atom is -0.322 e. The van der Waals surface area contributed by atoms with Crippen molar-refractivity contribution in [1.29, 1.82) is 0 Å². The van der Waals surface area contributed by atoms with Crippen molar-refractivity contribution >= 4 is 10.9 Å². The Morgan fingerprint density at radius 1 is 1.05 bits per heavy atom. The first kappa shape index (κ1) is 15.0. The van der Waals surface area contributed by atoms with Gasteiger partial charge in [-0.15, -0.1) is 0 Å². The molecule has 0 saturated heterocycles. The van der Waals surface area contributed by atoms with E-state index in [1.165, 1.54) is 16.5 Å². The summed E-state index contributed by atoms with van der Waals surface area (Å²) >= 11 is 0. The molecule has 108 valence electrons. The number of nitrogens with two attached hydrogens (primary N) is 1. The summed E-state index contributed by atoms with van der Waals surface area (Å²) in [5.41, 5.74) is 10.7. The molecule has 0 bridgehead atoms. The van der Waals surface area contributed by atoms with E-state index >= 15 is 0 Å². The Morgan fingerprint density at radius 2 is 1.70 bits per heavy atom. The largest absolute Gasteiger partial charge is 0.322 e. The molecule has 0 spiro atoms. The molecule has 0 radical (unpaired) electrons. The molecule has 2 rings (SSSR count). The van der Waals surface area contributed by atoms with Crippen LogP contribution in [0.25, 0.3) is 10.9 Å². The maximum atomic E-state index is 6.40. The molecule has 0 unspecified atom stereocenters. The number of hydrogen-bond donors (Lipinski definition) is 1. The van der Waals surface area contributed by atoms with Crippen LogP contribution >= 0.6 is 0 Å². The Kier molecular flexibility index (Phi) is 3.64. The fourth-order valence-corrected chi connectivity index (χ4v) is 2.41. The van der Waals surface area contributed by atoms with E-state index in [0.717, 1.165) is 17.6 Å². The predicted octanol–water partition coefficient (Wildman–Crippen LogP) is 4.29. The number of aryl methyl sites for hydroxylation is 1. The van der Waals surface area contributed by atoms with Gasteiger partial charge in [-0.3, -0.25) is 4.98 Å². The van der Waals surface area contributed by atoms with Crippen molar-refractivity contribution in [2.75, 3.05) is 0 Å². The lowest BCUT2D eigenvalue weighted by atomic mass is 9.85. The molecule has 2 N–H and O–H groups in total. The van der Waals surface area contributed by atoms with Crippen LogP contribution in [-0.2, 0) is 17.4 Å². The Morgan fingerprint density at radius 3 is 2.20 bits per heavy atom. The second kappa shape index (κ2) is 4.85. The van der Waals surface area contributed by atoms with Crippen LogP contribution < -0.4 is 5.73 Å². The van der Waals surface area contributed by atoms with Gasteiger partial charge >= 0.3 is 0 Å². The summed E-state index contributed by atoms with van der Waals surface area (Å²) in [5.74, 6) is 0. The summed E-state index contributed by atoms with van der Waals surface area (Å²) in [6.07, 6.45) is 1.03. The minimum atomic E-state index is -0.368.